The molecule has 7 nitrogen and oxygen atoms in total. The van der Waals surface area contributed by atoms with Gasteiger partial charge in [0, 0.05) is 46.0 Å². The van der Waals surface area contributed by atoms with Crippen LogP contribution >= 0.6 is 0 Å². The van der Waals surface area contributed by atoms with Gasteiger partial charge in [0.15, 0.2) is 0 Å². The highest BCUT2D eigenvalue weighted by atomic mass is 16.5. The number of anilines is 1. The van der Waals surface area contributed by atoms with Crippen molar-refractivity contribution in [3.63, 3.8) is 0 Å². The molecule has 0 aromatic carbocycles. The van der Waals surface area contributed by atoms with Crippen LogP contribution in [0.4, 0.5) is 5.95 Å². The smallest absolute Gasteiger partial charge is 0.272 e. The van der Waals surface area contributed by atoms with Gasteiger partial charge in [-0.25, -0.2) is 9.97 Å². The minimum Gasteiger partial charge on any atom is -0.380 e. The number of rotatable bonds is 5. The third-order valence-electron chi connectivity index (χ3n) is 4.11. The number of nitrogens with zero attached hydrogens (tertiary/aromatic N) is 4. The van der Waals surface area contributed by atoms with Crippen LogP contribution < -0.4 is 5.32 Å². The lowest BCUT2D eigenvalue weighted by Crippen LogP contribution is -2.39. The second kappa shape index (κ2) is 7.02. The highest BCUT2D eigenvalue weighted by molar-refractivity contribution is 5.92. The molecule has 1 N–H and O–H groups in total. The average molecular weight is 307 g/mol. The molecule has 0 unspecified atom stereocenters. The summed E-state index contributed by atoms with van der Waals surface area (Å²) in [6, 6.07) is 2.03. The predicted molar refractivity (Wildman–Crippen MR) is 85.1 cm³/mol. The second-order valence-corrected chi connectivity index (χ2v) is 5.84. The van der Waals surface area contributed by atoms with E-state index in [4.69, 9.17) is 4.74 Å². The molecule has 0 radical (unpaired) electrons. The topological polar surface area (TPSA) is 70.6 Å². The average Bonchev–Trinajstić information content (AvgIpc) is 2.86. The maximum atomic E-state index is 12.6. The molecule has 1 aliphatic heterocycles. The number of hydrogen-bond donors (Lipinski definition) is 1. The van der Waals surface area contributed by atoms with Crippen LogP contribution in [0.25, 0.3) is 0 Å². The van der Waals surface area contributed by atoms with E-state index in [2.05, 4.69) is 27.2 Å². The number of aromatic nitrogens is 2. The van der Waals surface area contributed by atoms with Crippen molar-refractivity contribution in [2.24, 2.45) is 0 Å². The molecular weight excluding hydrogens is 282 g/mol. The zero-order valence-electron chi connectivity index (χ0n) is 14.0. The maximum absolute atomic E-state index is 12.6. The quantitative estimate of drug-likeness (QED) is 0.860. The Bertz CT molecular complexity index is 537. The van der Waals surface area contributed by atoms with Crippen molar-refractivity contribution < 1.29 is 9.53 Å². The van der Waals surface area contributed by atoms with Gasteiger partial charge < -0.3 is 15.0 Å². The Morgan fingerprint density at radius 1 is 1.55 bits per heavy atom. The lowest BCUT2D eigenvalue weighted by Gasteiger charge is -2.25. The summed E-state index contributed by atoms with van der Waals surface area (Å²) in [5, 5.41) is 2.88. The number of amides is 1. The summed E-state index contributed by atoms with van der Waals surface area (Å²) >= 11 is 0. The molecule has 0 spiro atoms. The van der Waals surface area contributed by atoms with Gasteiger partial charge in [-0.3, -0.25) is 9.69 Å². The summed E-state index contributed by atoms with van der Waals surface area (Å²) in [4.78, 5) is 25.0. The summed E-state index contributed by atoms with van der Waals surface area (Å²) in [5.74, 6) is 0.380. The number of carbonyl (C=O) groups excluding carboxylic acids is 1. The third kappa shape index (κ3) is 3.72. The van der Waals surface area contributed by atoms with Crippen LogP contribution in [-0.2, 0) is 4.74 Å². The molecule has 122 valence electrons. The van der Waals surface area contributed by atoms with Crippen LogP contribution in [0.1, 0.15) is 22.6 Å². The predicted octanol–water partition coefficient (Wildman–Crippen LogP) is 0.618. The summed E-state index contributed by atoms with van der Waals surface area (Å²) in [5.41, 5.74) is 1.19. The van der Waals surface area contributed by atoms with Crippen molar-refractivity contribution in [1.29, 1.82) is 0 Å². The van der Waals surface area contributed by atoms with Gasteiger partial charge in [-0.1, -0.05) is 0 Å². The van der Waals surface area contributed by atoms with Crippen LogP contribution in [0.2, 0.25) is 0 Å². The first-order valence-corrected chi connectivity index (χ1v) is 7.46. The third-order valence-corrected chi connectivity index (χ3v) is 4.11. The lowest BCUT2D eigenvalue weighted by molar-refractivity contribution is 0.0754. The van der Waals surface area contributed by atoms with Crippen LogP contribution in [0.5, 0.6) is 0 Å². The number of ether oxygens (including phenoxy) is 1. The van der Waals surface area contributed by atoms with Crippen LogP contribution in [0.15, 0.2) is 6.07 Å². The van der Waals surface area contributed by atoms with Crippen molar-refractivity contribution >= 4 is 11.9 Å². The largest absolute Gasteiger partial charge is 0.380 e. The number of likely N-dealkylation sites (N-methyl/N-ethyl adjacent to an activating group) is 2. The molecule has 1 saturated heterocycles. The van der Waals surface area contributed by atoms with Crippen LogP contribution in [-0.4, -0.2) is 79.2 Å². The lowest BCUT2D eigenvalue weighted by atomic mass is 10.2. The zero-order valence-corrected chi connectivity index (χ0v) is 14.0. The molecule has 22 heavy (non-hydrogen) atoms. The Hall–Kier alpha value is -1.73. The van der Waals surface area contributed by atoms with E-state index in [0.29, 0.717) is 24.2 Å². The Kier molecular flexibility index (Phi) is 5.31. The highest BCUT2D eigenvalue weighted by Crippen LogP contribution is 2.19. The van der Waals surface area contributed by atoms with Gasteiger partial charge in [0.05, 0.1) is 6.10 Å². The molecule has 0 aliphatic carbocycles. The Balaban J connectivity index is 2.05. The van der Waals surface area contributed by atoms with Gasteiger partial charge in [-0.05, 0) is 26.5 Å². The van der Waals surface area contributed by atoms with Gasteiger partial charge in [-0.15, -0.1) is 0 Å². The molecular formula is C15H25N5O2. The summed E-state index contributed by atoms with van der Waals surface area (Å²) < 4.78 is 5.41. The Labute approximate surface area is 131 Å². The SMILES string of the molecule is CNc1nc(C)cc(C(=O)N(C)C[C@@H]2C[C@H](OC)CN2C)n1. The van der Waals surface area contributed by atoms with Crippen LogP contribution in [0.3, 0.4) is 0 Å². The molecule has 1 aromatic rings. The number of methoxy groups -OCH3 is 1. The molecule has 2 rings (SSSR count). The number of aryl methyl sites for hydroxylation is 1. The molecule has 2 atom stereocenters. The van der Waals surface area contributed by atoms with Crippen molar-refractivity contribution in [3.05, 3.63) is 17.5 Å². The highest BCUT2D eigenvalue weighted by Gasteiger charge is 2.31. The fourth-order valence-corrected chi connectivity index (χ4v) is 2.80. The normalized spacial score (nSPS) is 21.9. The van der Waals surface area contributed by atoms with Gasteiger partial charge >= 0.3 is 0 Å². The Morgan fingerprint density at radius 3 is 2.86 bits per heavy atom. The van der Waals surface area contributed by atoms with E-state index >= 15 is 0 Å². The molecule has 7 heteroatoms. The van der Waals surface area contributed by atoms with Crippen LogP contribution in [0, 0.1) is 6.92 Å². The number of hydrogen-bond acceptors (Lipinski definition) is 6. The minimum atomic E-state index is -0.0868. The number of carbonyl (C=O) groups is 1. The van der Waals surface area contributed by atoms with E-state index in [-0.39, 0.29) is 12.0 Å². The van der Waals surface area contributed by atoms with E-state index in [0.717, 1.165) is 18.7 Å². The zero-order chi connectivity index (χ0) is 16.3. The monoisotopic (exact) mass is 307 g/mol. The molecule has 0 bridgehead atoms. The molecule has 2 heterocycles. The standard InChI is InChI=1S/C15H25N5O2/c1-10-6-13(18-15(16-2)17-10)14(21)20(4)8-11-7-12(22-5)9-19(11)3/h6,11-12H,7-9H2,1-5H3,(H,16,17,18)/t11-,12-/m0/s1. The molecule has 1 aromatic heterocycles. The van der Waals surface area contributed by atoms with Crippen molar-refractivity contribution in [2.45, 2.75) is 25.5 Å². The minimum absolute atomic E-state index is 0.0868. The maximum Gasteiger partial charge on any atom is 0.272 e. The van der Waals surface area contributed by atoms with E-state index in [1.807, 2.05) is 14.0 Å². The Morgan fingerprint density at radius 2 is 2.27 bits per heavy atom. The van der Waals surface area contributed by atoms with E-state index in [1.165, 1.54) is 0 Å². The second-order valence-electron chi connectivity index (χ2n) is 5.84. The van der Waals surface area contributed by atoms with Gasteiger partial charge in [0.1, 0.15) is 5.69 Å². The molecule has 0 saturated carbocycles. The van der Waals surface area contributed by atoms with Gasteiger partial charge in [0.2, 0.25) is 5.95 Å². The first-order chi connectivity index (χ1) is 10.4. The molecule has 1 fully saturated rings. The first-order valence-electron chi connectivity index (χ1n) is 7.46. The first kappa shape index (κ1) is 16.6. The summed E-state index contributed by atoms with van der Waals surface area (Å²) in [7, 11) is 7.35. The van der Waals surface area contributed by atoms with E-state index in [9.17, 15) is 4.79 Å². The molecule has 1 aliphatic rings. The van der Waals surface area contributed by atoms with E-state index < -0.39 is 0 Å². The van der Waals surface area contributed by atoms with Gasteiger partial charge in [0.25, 0.3) is 5.91 Å². The number of likely N-dealkylation sites (tertiary alicyclic amines) is 1. The van der Waals surface area contributed by atoms with E-state index in [1.54, 1.807) is 25.1 Å². The summed E-state index contributed by atoms with van der Waals surface area (Å²) in [6.45, 7) is 3.42. The van der Waals surface area contributed by atoms with Crippen molar-refractivity contribution in [1.82, 2.24) is 19.8 Å². The van der Waals surface area contributed by atoms with Crippen molar-refractivity contribution in [2.75, 3.05) is 46.7 Å². The summed E-state index contributed by atoms with van der Waals surface area (Å²) in [6.07, 6.45) is 1.19. The number of nitrogens with one attached hydrogen (secondary N) is 1. The van der Waals surface area contributed by atoms with Crippen molar-refractivity contribution in [3.8, 4) is 0 Å². The fourth-order valence-electron chi connectivity index (χ4n) is 2.80. The fraction of sp³-hybridized carbons (Fsp3) is 0.667. The molecule has 1 amide bonds. The van der Waals surface area contributed by atoms with Gasteiger partial charge in [-0.2, -0.15) is 0 Å².